The van der Waals surface area contributed by atoms with E-state index < -0.39 is 22.4 Å². The molecular weight excluding hydrogens is 418 g/mol. The maximum atomic E-state index is 12.9. The molecule has 1 atom stereocenters. The molecule has 1 aromatic carbocycles. The molecule has 1 saturated carbocycles. The third-order valence-electron chi connectivity index (χ3n) is 6.14. The Balaban J connectivity index is 1.52. The molecule has 2 fully saturated rings. The second-order valence-electron chi connectivity index (χ2n) is 8.60. The predicted molar refractivity (Wildman–Crippen MR) is 116 cm³/mol. The quantitative estimate of drug-likeness (QED) is 0.447. The van der Waals surface area contributed by atoms with Crippen molar-refractivity contribution in [3.8, 4) is 0 Å². The molecule has 0 aromatic heterocycles. The minimum Gasteiger partial charge on any atom is -0.456 e. The average molecular weight is 450 g/mol. The van der Waals surface area contributed by atoms with E-state index in [1.54, 1.807) is 17.0 Å². The van der Waals surface area contributed by atoms with E-state index in [2.05, 4.69) is 0 Å². The lowest BCUT2D eigenvalue weighted by Crippen LogP contribution is -2.50. The molecule has 1 aromatic rings. The van der Waals surface area contributed by atoms with Gasteiger partial charge in [-0.15, -0.1) is 0 Å². The molecule has 0 N–H and O–H groups in total. The van der Waals surface area contributed by atoms with E-state index in [9.17, 15) is 22.8 Å². The van der Waals surface area contributed by atoms with Crippen molar-refractivity contribution in [3.63, 3.8) is 0 Å². The fraction of sp³-hybridized carbons (Fsp3) is 0.609. The monoisotopic (exact) mass is 449 g/mol. The number of ketones is 1. The molecule has 0 bridgehead atoms. The first-order valence-electron chi connectivity index (χ1n) is 11.0. The summed E-state index contributed by atoms with van der Waals surface area (Å²) in [5.74, 6) is -1.02. The van der Waals surface area contributed by atoms with Crippen molar-refractivity contribution in [1.29, 1.82) is 0 Å². The summed E-state index contributed by atoms with van der Waals surface area (Å²) in [6.07, 6.45) is 5.19. The summed E-state index contributed by atoms with van der Waals surface area (Å²) in [5.41, 5.74) is 1.59. The number of esters is 1. The maximum Gasteiger partial charge on any atom is 0.306 e. The largest absolute Gasteiger partial charge is 0.456 e. The molecule has 1 aliphatic heterocycles. The molecule has 1 heterocycles. The van der Waals surface area contributed by atoms with E-state index in [1.165, 1.54) is 0 Å². The number of amides is 1. The van der Waals surface area contributed by atoms with Crippen LogP contribution >= 0.6 is 0 Å². The Labute approximate surface area is 184 Å². The van der Waals surface area contributed by atoms with Gasteiger partial charge in [-0.25, -0.2) is 8.42 Å². The van der Waals surface area contributed by atoms with Crippen LogP contribution in [0.4, 0.5) is 0 Å². The average Bonchev–Trinajstić information content (AvgIpc) is 3.11. The standard InChI is InChI=1S/C23H31NO6S/c1-17-7-9-18(10-8-17)21(25)11-12-23(27)30-15-22(26)24(19-5-3-2-4-6-19)20-13-14-31(28,29)16-20/h7-10,19-20H,2-6,11-16H2,1H3. The number of carbonyl (C=O) groups excluding carboxylic acids is 3. The first-order chi connectivity index (χ1) is 14.7. The minimum atomic E-state index is -3.13. The summed E-state index contributed by atoms with van der Waals surface area (Å²) in [6, 6.07) is 6.79. The lowest BCUT2D eigenvalue weighted by Gasteiger charge is -2.38. The maximum absolute atomic E-state index is 12.9. The molecule has 1 amide bonds. The molecule has 1 aliphatic carbocycles. The third kappa shape index (κ3) is 6.63. The highest BCUT2D eigenvalue weighted by Gasteiger charge is 2.38. The number of benzene rings is 1. The number of Topliss-reactive ketones (excluding diaryl/α,β-unsaturated/α-hetero) is 1. The van der Waals surface area contributed by atoms with Crippen molar-refractivity contribution in [1.82, 2.24) is 4.90 Å². The lowest BCUT2D eigenvalue weighted by atomic mass is 9.93. The molecule has 8 heteroatoms. The molecule has 1 unspecified atom stereocenters. The van der Waals surface area contributed by atoms with Crippen LogP contribution in [0.1, 0.15) is 67.3 Å². The summed E-state index contributed by atoms with van der Waals surface area (Å²) >= 11 is 0. The van der Waals surface area contributed by atoms with Crippen molar-refractivity contribution in [2.45, 2.75) is 70.4 Å². The summed E-state index contributed by atoms with van der Waals surface area (Å²) in [7, 11) is -3.13. The number of hydrogen-bond donors (Lipinski definition) is 0. The first kappa shape index (κ1) is 23.4. The second-order valence-corrected chi connectivity index (χ2v) is 10.8. The van der Waals surface area contributed by atoms with Crippen molar-refractivity contribution in [2.75, 3.05) is 18.1 Å². The van der Waals surface area contributed by atoms with Crippen molar-refractivity contribution < 1.29 is 27.5 Å². The van der Waals surface area contributed by atoms with Gasteiger partial charge in [-0.05, 0) is 26.2 Å². The number of nitrogens with zero attached hydrogens (tertiary/aromatic N) is 1. The number of carbonyl (C=O) groups is 3. The van der Waals surface area contributed by atoms with Crippen LogP contribution in [-0.4, -0.2) is 61.2 Å². The number of rotatable bonds is 8. The molecule has 0 spiro atoms. The fourth-order valence-corrected chi connectivity index (χ4v) is 6.16. The molecule has 170 valence electrons. The highest BCUT2D eigenvalue weighted by molar-refractivity contribution is 7.91. The molecule has 31 heavy (non-hydrogen) atoms. The van der Waals surface area contributed by atoms with Gasteiger partial charge < -0.3 is 9.64 Å². The van der Waals surface area contributed by atoms with Crippen LogP contribution in [0.15, 0.2) is 24.3 Å². The van der Waals surface area contributed by atoms with Gasteiger partial charge in [-0.3, -0.25) is 14.4 Å². The second kappa shape index (κ2) is 10.4. The van der Waals surface area contributed by atoms with Crippen LogP contribution in [0.2, 0.25) is 0 Å². The number of ether oxygens (including phenoxy) is 1. The molecule has 0 radical (unpaired) electrons. The summed E-state index contributed by atoms with van der Waals surface area (Å²) in [6.45, 7) is 1.52. The Morgan fingerprint density at radius 3 is 2.26 bits per heavy atom. The van der Waals surface area contributed by atoms with E-state index in [1.807, 2.05) is 19.1 Å². The van der Waals surface area contributed by atoms with Crippen molar-refractivity contribution in [3.05, 3.63) is 35.4 Å². The van der Waals surface area contributed by atoms with Gasteiger partial charge in [0.05, 0.1) is 17.9 Å². The molecule has 7 nitrogen and oxygen atoms in total. The number of aryl methyl sites for hydroxylation is 1. The lowest BCUT2D eigenvalue weighted by molar-refractivity contribution is -0.154. The van der Waals surface area contributed by atoms with Gasteiger partial charge in [-0.2, -0.15) is 0 Å². The van der Waals surface area contributed by atoms with E-state index >= 15 is 0 Å². The summed E-state index contributed by atoms with van der Waals surface area (Å²) in [4.78, 5) is 38.9. The summed E-state index contributed by atoms with van der Waals surface area (Å²) < 4.78 is 29.1. The van der Waals surface area contributed by atoms with Gasteiger partial charge in [-0.1, -0.05) is 49.1 Å². The van der Waals surface area contributed by atoms with Gasteiger partial charge >= 0.3 is 5.97 Å². The van der Waals surface area contributed by atoms with E-state index in [4.69, 9.17) is 4.74 Å². The van der Waals surface area contributed by atoms with E-state index in [0.29, 0.717) is 12.0 Å². The van der Waals surface area contributed by atoms with Gasteiger partial charge in [0.2, 0.25) is 0 Å². The van der Waals surface area contributed by atoms with Crippen molar-refractivity contribution in [2.24, 2.45) is 0 Å². The van der Waals surface area contributed by atoms with Gasteiger partial charge in [0.25, 0.3) is 5.91 Å². The third-order valence-corrected chi connectivity index (χ3v) is 7.89. The highest BCUT2D eigenvalue weighted by atomic mass is 32.2. The normalized spacial score (nSPS) is 20.9. The SMILES string of the molecule is Cc1ccc(C(=O)CCC(=O)OCC(=O)N(C2CCCCC2)C2CCS(=O)(=O)C2)cc1. The highest BCUT2D eigenvalue weighted by Crippen LogP contribution is 2.28. The summed E-state index contributed by atoms with van der Waals surface area (Å²) in [5, 5.41) is 0. The number of sulfone groups is 1. The molecular formula is C23H31NO6S. The molecule has 3 rings (SSSR count). The smallest absolute Gasteiger partial charge is 0.306 e. The van der Waals surface area contributed by atoms with Gasteiger partial charge in [0.1, 0.15) is 0 Å². The Hall–Kier alpha value is -2.22. The van der Waals surface area contributed by atoms with Crippen LogP contribution in [0, 0.1) is 6.92 Å². The minimum absolute atomic E-state index is 0.00127. The Morgan fingerprint density at radius 2 is 1.65 bits per heavy atom. The van der Waals surface area contributed by atoms with E-state index in [0.717, 1.165) is 37.7 Å². The van der Waals surface area contributed by atoms with Crippen LogP contribution in [0.25, 0.3) is 0 Å². The van der Waals surface area contributed by atoms with Crippen molar-refractivity contribution >= 4 is 27.5 Å². The molecule has 2 aliphatic rings. The molecule has 1 saturated heterocycles. The Morgan fingerprint density at radius 1 is 0.968 bits per heavy atom. The zero-order valence-corrected chi connectivity index (χ0v) is 18.9. The van der Waals surface area contributed by atoms with Crippen LogP contribution < -0.4 is 0 Å². The first-order valence-corrected chi connectivity index (χ1v) is 12.8. The topological polar surface area (TPSA) is 97.8 Å². The Kier molecular flexibility index (Phi) is 7.86. The van der Waals surface area contributed by atoms with E-state index in [-0.39, 0.29) is 48.1 Å². The van der Waals surface area contributed by atoms with Crippen LogP contribution in [0.5, 0.6) is 0 Å². The van der Waals surface area contributed by atoms with Gasteiger partial charge in [0, 0.05) is 24.1 Å². The van der Waals surface area contributed by atoms with Gasteiger partial charge in [0.15, 0.2) is 22.2 Å². The number of hydrogen-bond acceptors (Lipinski definition) is 6. The Bertz CT molecular complexity index is 902. The predicted octanol–water partition coefficient (Wildman–Crippen LogP) is 2.85. The van der Waals surface area contributed by atoms with Crippen LogP contribution in [0.3, 0.4) is 0 Å². The van der Waals surface area contributed by atoms with Crippen LogP contribution in [-0.2, 0) is 24.2 Å². The zero-order chi connectivity index (χ0) is 22.4. The fourth-order valence-electron chi connectivity index (χ4n) is 4.45. The zero-order valence-electron chi connectivity index (χ0n) is 18.0.